The van der Waals surface area contributed by atoms with Crippen LogP contribution in [-0.2, 0) is 18.6 Å². The van der Waals surface area contributed by atoms with Crippen molar-refractivity contribution < 1.29 is 23.1 Å². The molecule has 0 spiro atoms. The van der Waals surface area contributed by atoms with Crippen LogP contribution in [0.4, 0.5) is 13.2 Å². The lowest BCUT2D eigenvalue weighted by atomic mass is 9.92. The number of nitrogens with zero attached hydrogens (tertiary/aromatic N) is 6. The molecule has 5 rings (SSSR count). The van der Waals surface area contributed by atoms with E-state index >= 15 is 0 Å². The number of amides is 1. The minimum atomic E-state index is -4.82. The number of imidazole rings is 1. The van der Waals surface area contributed by atoms with Crippen LogP contribution < -0.4 is 5.69 Å². The van der Waals surface area contributed by atoms with Gasteiger partial charge >= 0.3 is 11.9 Å². The van der Waals surface area contributed by atoms with E-state index in [1.165, 1.54) is 21.4 Å². The van der Waals surface area contributed by atoms with Crippen molar-refractivity contribution >= 4 is 5.91 Å². The number of fused-ring (bicyclic) bond motifs is 5. The van der Waals surface area contributed by atoms with E-state index in [2.05, 4.69) is 5.10 Å². The van der Waals surface area contributed by atoms with Crippen molar-refractivity contribution in [3.8, 4) is 17.6 Å². The highest BCUT2D eigenvalue weighted by atomic mass is 19.4. The number of halogens is 3. The molecule has 0 saturated carbocycles. The maximum absolute atomic E-state index is 13.5. The average molecular weight is 500 g/mol. The van der Waals surface area contributed by atoms with Crippen LogP contribution in [0.1, 0.15) is 72.3 Å². The van der Waals surface area contributed by atoms with Crippen LogP contribution in [0.5, 0.6) is 5.88 Å². The lowest BCUT2D eigenvalue weighted by Gasteiger charge is -2.27. The summed E-state index contributed by atoms with van der Waals surface area (Å²) in [6.45, 7) is 6.16. The molecule has 1 saturated heterocycles. The first kappa shape index (κ1) is 23.7. The van der Waals surface area contributed by atoms with Crippen LogP contribution in [0.15, 0.2) is 29.1 Å². The van der Waals surface area contributed by atoms with Gasteiger partial charge < -0.3 is 10.0 Å². The van der Waals surface area contributed by atoms with E-state index in [4.69, 9.17) is 5.26 Å². The number of likely N-dealkylation sites (tertiary alicyclic amines) is 1. The van der Waals surface area contributed by atoms with Gasteiger partial charge in [-0.25, -0.2) is 9.36 Å². The molecule has 4 heterocycles. The standard InChI is InChI=1S/C24H23F3N6O3/c1-23(2,3)18-9-17(30(4)29-18)20(34)31-11-14-8-16(31)19-21(35)33(22(36)32(14)19)13-6-5-12(10-28)15(7-13)24(25,26)27/h5-7,9,14,16,35H,8,11H2,1-4H3/t14-,16?/m1/s1. The highest BCUT2D eigenvalue weighted by Gasteiger charge is 2.50. The number of nitriles is 1. The van der Waals surface area contributed by atoms with Crippen molar-refractivity contribution in [1.29, 1.82) is 5.26 Å². The molecule has 1 unspecified atom stereocenters. The number of carbonyl (C=O) groups is 1. The fraction of sp³-hybridized carbons (Fsp3) is 0.417. The first-order valence-corrected chi connectivity index (χ1v) is 11.3. The number of hydrogen-bond donors (Lipinski definition) is 1. The normalized spacial score (nSPS) is 19.0. The molecule has 0 aliphatic carbocycles. The molecule has 2 aromatic heterocycles. The largest absolute Gasteiger partial charge is 0.493 e. The second-order valence-electron chi connectivity index (χ2n) is 10.2. The van der Waals surface area contributed by atoms with Gasteiger partial charge in [0.2, 0.25) is 5.88 Å². The number of aryl methyl sites for hydroxylation is 1. The molecule has 1 fully saturated rings. The summed E-state index contributed by atoms with van der Waals surface area (Å²) in [6.07, 6.45) is -4.41. The van der Waals surface area contributed by atoms with E-state index in [1.807, 2.05) is 20.8 Å². The molecule has 2 aliphatic rings. The monoisotopic (exact) mass is 500 g/mol. The van der Waals surface area contributed by atoms with E-state index in [-0.39, 0.29) is 29.2 Å². The average Bonchev–Trinajstić information content (AvgIpc) is 3.54. The van der Waals surface area contributed by atoms with E-state index in [9.17, 15) is 27.9 Å². The Morgan fingerprint density at radius 3 is 2.50 bits per heavy atom. The van der Waals surface area contributed by atoms with Gasteiger partial charge in [-0.2, -0.15) is 23.5 Å². The minimum absolute atomic E-state index is 0.181. The molecular weight excluding hydrogens is 477 g/mol. The molecule has 2 bridgehead atoms. The maximum atomic E-state index is 13.5. The highest BCUT2D eigenvalue weighted by molar-refractivity contribution is 5.93. The zero-order valence-corrected chi connectivity index (χ0v) is 20.0. The number of rotatable bonds is 2. The SMILES string of the molecule is Cn1nc(C(C)(C)C)cc1C(=O)N1C[C@H]2CC1c1c(O)n(-c3ccc(C#N)c(C(F)(F)F)c3)c(=O)n12. The van der Waals surface area contributed by atoms with Crippen LogP contribution in [0.2, 0.25) is 0 Å². The van der Waals surface area contributed by atoms with Gasteiger partial charge in [0, 0.05) is 19.0 Å². The number of hydrogen-bond acceptors (Lipinski definition) is 5. The number of benzene rings is 1. The molecule has 1 amide bonds. The summed E-state index contributed by atoms with van der Waals surface area (Å²) in [7, 11) is 1.67. The highest BCUT2D eigenvalue weighted by Crippen LogP contribution is 2.49. The first-order chi connectivity index (χ1) is 16.7. The summed E-state index contributed by atoms with van der Waals surface area (Å²) < 4.78 is 44.1. The Bertz CT molecular complexity index is 1520. The molecular formula is C24H23F3N6O3. The fourth-order valence-electron chi connectivity index (χ4n) is 5.09. The number of aromatic hydroxyl groups is 1. The molecule has 9 nitrogen and oxygen atoms in total. The molecule has 2 atom stereocenters. The molecule has 3 aromatic rings. The van der Waals surface area contributed by atoms with Crippen molar-refractivity contribution in [3.05, 3.63) is 63.0 Å². The Morgan fingerprint density at radius 2 is 1.92 bits per heavy atom. The van der Waals surface area contributed by atoms with Gasteiger partial charge in [0.15, 0.2) is 0 Å². The van der Waals surface area contributed by atoms with Crippen LogP contribution in [0.25, 0.3) is 5.69 Å². The Kier molecular flexibility index (Phi) is 4.94. The summed E-state index contributed by atoms with van der Waals surface area (Å²) >= 11 is 0. The molecule has 36 heavy (non-hydrogen) atoms. The van der Waals surface area contributed by atoms with Gasteiger partial charge in [0.1, 0.15) is 11.4 Å². The fourth-order valence-corrected chi connectivity index (χ4v) is 5.09. The van der Waals surface area contributed by atoms with Crippen molar-refractivity contribution in [1.82, 2.24) is 23.8 Å². The van der Waals surface area contributed by atoms with E-state index in [0.717, 1.165) is 16.3 Å². The summed E-state index contributed by atoms with van der Waals surface area (Å²) in [5, 5.41) is 24.5. The number of aromatic nitrogens is 4. The van der Waals surface area contributed by atoms with Crippen LogP contribution in [0, 0.1) is 11.3 Å². The zero-order chi connectivity index (χ0) is 26.3. The van der Waals surface area contributed by atoms with Gasteiger partial charge in [0.05, 0.1) is 40.7 Å². The lowest BCUT2D eigenvalue weighted by molar-refractivity contribution is -0.137. The summed E-state index contributed by atoms with van der Waals surface area (Å²) in [5.74, 6) is -0.834. The Balaban J connectivity index is 1.56. The van der Waals surface area contributed by atoms with Crippen molar-refractivity contribution in [2.24, 2.45) is 7.05 Å². The summed E-state index contributed by atoms with van der Waals surface area (Å²) in [4.78, 5) is 28.2. The van der Waals surface area contributed by atoms with Crippen molar-refractivity contribution in [2.75, 3.05) is 6.54 Å². The van der Waals surface area contributed by atoms with Gasteiger partial charge in [-0.1, -0.05) is 20.8 Å². The molecule has 0 radical (unpaired) electrons. The van der Waals surface area contributed by atoms with Gasteiger partial charge in [0.25, 0.3) is 5.91 Å². The molecule has 2 aliphatic heterocycles. The molecule has 12 heteroatoms. The zero-order valence-electron chi connectivity index (χ0n) is 20.0. The van der Waals surface area contributed by atoms with Gasteiger partial charge in [-0.3, -0.25) is 14.0 Å². The molecule has 1 aromatic carbocycles. The van der Waals surface area contributed by atoms with E-state index in [1.54, 1.807) is 18.0 Å². The maximum Gasteiger partial charge on any atom is 0.417 e. The van der Waals surface area contributed by atoms with E-state index in [0.29, 0.717) is 18.2 Å². The second kappa shape index (κ2) is 7.49. The van der Waals surface area contributed by atoms with Crippen molar-refractivity contribution in [2.45, 2.75) is 50.9 Å². The number of alkyl halides is 3. The van der Waals surface area contributed by atoms with Gasteiger partial charge in [-0.05, 0) is 30.7 Å². The third kappa shape index (κ3) is 3.33. The second-order valence-corrected chi connectivity index (χ2v) is 10.2. The van der Waals surface area contributed by atoms with Crippen LogP contribution >= 0.6 is 0 Å². The third-order valence-corrected chi connectivity index (χ3v) is 6.87. The first-order valence-electron chi connectivity index (χ1n) is 11.3. The smallest absolute Gasteiger partial charge is 0.417 e. The van der Waals surface area contributed by atoms with E-state index < -0.39 is 41.0 Å². The molecule has 1 N–H and O–H groups in total. The topological polar surface area (TPSA) is 109 Å². The quantitative estimate of drug-likeness (QED) is 0.580. The summed E-state index contributed by atoms with van der Waals surface area (Å²) in [5.41, 5.74) is -1.70. The van der Waals surface area contributed by atoms with Crippen LogP contribution in [0.3, 0.4) is 0 Å². The Labute approximate surface area is 203 Å². The minimum Gasteiger partial charge on any atom is -0.493 e. The van der Waals surface area contributed by atoms with Crippen LogP contribution in [-0.4, -0.2) is 41.4 Å². The van der Waals surface area contributed by atoms with Gasteiger partial charge in [-0.15, -0.1) is 0 Å². The summed E-state index contributed by atoms with van der Waals surface area (Å²) in [6, 6.07) is 4.99. The lowest BCUT2D eigenvalue weighted by Crippen LogP contribution is -2.38. The predicted molar refractivity (Wildman–Crippen MR) is 121 cm³/mol. The molecule has 188 valence electrons. The Hall–Kier alpha value is -4.01. The number of carbonyl (C=O) groups excluding carboxylic acids is 1. The van der Waals surface area contributed by atoms with Crippen molar-refractivity contribution in [3.63, 3.8) is 0 Å². The predicted octanol–water partition coefficient (Wildman–Crippen LogP) is 3.41. The Morgan fingerprint density at radius 1 is 1.22 bits per heavy atom. The third-order valence-electron chi connectivity index (χ3n) is 6.87.